The molecule has 0 amide bonds. The molecule has 234 valence electrons. The Hall–Kier alpha value is 0.911. The van der Waals surface area contributed by atoms with Gasteiger partial charge in [0.2, 0.25) is 0 Å². The first-order valence-corrected chi connectivity index (χ1v) is 20.8. The van der Waals surface area contributed by atoms with E-state index in [9.17, 15) is 0 Å². The minimum atomic E-state index is -1.69. The first-order chi connectivity index (χ1) is 16.6. The van der Waals surface area contributed by atoms with Gasteiger partial charge >= 0.3 is 47.9 Å². The van der Waals surface area contributed by atoms with Crippen molar-refractivity contribution in [3.63, 3.8) is 0 Å². The molecular formula is C36H66N2Si2TiZr+2. The Balaban J connectivity index is -0.00000253. The number of fused-ring (bicyclic) bond motifs is 2. The maximum atomic E-state index is 5.46. The molecule has 0 aromatic heterocycles. The summed E-state index contributed by atoms with van der Waals surface area (Å²) in [4.78, 5) is 10.9. The van der Waals surface area contributed by atoms with Crippen molar-refractivity contribution in [1.29, 1.82) is 0 Å². The SMILES string of the molecule is CC(C)(C)[N-][Si](C)(C)C1CC(CCC2CC([Si](C)(C)[N-]C(C)(C)C)C3C=CC=CC23)C2C=CC=CC21.[CH3-].[CH3-].[CH3-].[CH3-].[Ti+4].[Zr+4]. The number of hydrogen-bond acceptors (Lipinski definition) is 0. The standard InChI is InChI=1S/C32H54N2Si2.4CH3.Ti.Zr/c1-31(2,3)33-35(7,8)29-21-23(25-15-11-13-17-27(25)29)19-20-24-22-30(28-18-14-12-16-26(24)28)36(9,10)34-32(4,5)6;;;;;;/h11-18,23-30H,19-22H2,1-10H3;4*1H3;;/q-2;4*-1;2*+4. The zero-order chi connectivity index (χ0) is 26.5. The van der Waals surface area contributed by atoms with Gasteiger partial charge in [-0.05, 0) is 48.3 Å². The predicted octanol–water partition coefficient (Wildman–Crippen LogP) is 11.8. The second kappa shape index (κ2) is 17.7. The Kier molecular flexibility index (Phi) is 20.0. The quantitative estimate of drug-likeness (QED) is 0.185. The van der Waals surface area contributed by atoms with E-state index in [0.717, 1.165) is 34.8 Å². The van der Waals surface area contributed by atoms with Gasteiger partial charge in [-0.15, -0.1) is 11.1 Å². The summed E-state index contributed by atoms with van der Waals surface area (Å²) in [5, 5.41) is 0. The zero-order valence-corrected chi connectivity index (χ0v) is 36.0. The van der Waals surface area contributed by atoms with E-state index in [1.165, 1.54) is 25.7 Å². The van der Waals surface area contributed by atoms with E-state index >= 15 is 0 Å². The zero-order valence-electron chi connectivity index (χ0n) is 30.0. The molecule has 4 aliphatic rings. The van der Waals surface area contributed by atoms with Crippen LogP contribution in [0.3, 0.4) is 0 Å². The molecule has 4 aliphatic carbocycles. The van der Waals surface area contributed by atoms with Crippen LogP contribution < -0.4 is 0 Å². The summed E-state index contributed by atoms with van der Waals surface area (Å²) >= 11 is 0. The molecule has 0 aromatic carbocycles. The molecule has 2 saturated carbocycles. The minimum Gasteiger partial charge on any atom is -0.660 e. The van der Waals surface area contributed by atoms with Crippen molar-refractivity contribution in [1.82, 2.24) is 0 Å². The summed E-state index contributed by atoms with van der Waals surface area (Å²) in [6.45, 7) is 23.9. The third-order valence-electron chi connectivity index (χ3n) is 9.55. The van der Waals surface area contributed by atoms with Crippen LogP contribution in [0, 0.1) is 65.2 Å². The number of nitrogens with zero attached hydrogens (tertiary/aromatic N) is 2. The average Bonchev–Trinajstić information content (AvgIpc) is 3.28. The Morgan fingerprint density at radius 1 is 0.548 bits per heavy atom. The maximum absolute atomic E-state index is 5.46. The molecule has 0 N–H and O–H groups in total. The Labute approximate surface area is 301 Å². The van der Waals surface area contributed by atoms with E-state index in [2.05, 4.69) is 116 Å². The summed E-state index contributed by atoms with van der Waals surface area (Å²) in [7, 11) is -3.38. The topological polar surface area (TPSA) is 28.2 Å². The van der Waals surface area contributed by atoms with Crippen LogP contribution in [0.1, 0.15) is 67.2 Å². The number of allylic oxidation sites excluding steroid dienone is 8. The fraction of sp³-hybridized carbons (Fsp3) is 0.667. The van der Waals surface area contributed by atoms with E-state index in [4.69, 9.17) is 9.96 Å². The van der Waals surface area contributed by atoms with Gasteiger partial charge in [0, 0.05) is 0 Å². The predicted molar refractivity (Wildman–Crippen MR) is 190 cm³/mol. The van der Waals surface area contributed by atoms with Crippen molar-refractivity contribution in [3.05, 3.63) is 88.3 Å². The van der Waals surface area contributed by atoms with E-state index in [1.54, 1.807) is 0 Å². The van der Waals surface area contributed by atoms with Crippen molar-refractivity contribution in [2.75, 3.05) is 0 Å². The smallest absolute Gasteiger partial charge is 0.660 e. The fourth-order valence-electron chi connectivity index (χ4n) is 8.77. The van der Waals surface area contributed by atoms with Crippen LogP contribution in [-0.2, 0) is 47.9 Å². The van der Waals surface area contributed by atoms with Crippen molar-refractivity contribution in [2.45, 2.75) is 116 Å². The molecule has 0 aliphatic heterocycles. The second-order valence-electron chi connectivity index (χ2n) is 15.5. The van der Waals surface area contributed by atoms with Gasteiger partial charge in [-0.25, -0.2) is 0 Å². The Morgan fingerprint density at radius 2 is 0.810 bits per heavy atom. The van der Waals surface area contributed by atoms with Crippen LogP contribution in [-0.4, -0.2) is 27.5 Å². The van der Waals surface area contributed by atoms with Crippen LogP contribution in [0.4, 0.5) is 0 Å². The fourth-order valence-corrected chi connectivity index (χ4v) is 16.9. The van der Waals surface area contributed by atoms with E-state index in [-0.39, 0.29) is 88.7 Å². The molecule has 0 saturated heterocycles. The average molecular weight is 722 g/mol. The van der Waals surface area contributed by atoms with Crippen LogP contribution in [0.25, 0.3) is 9.96 Å². The number of hydrogen-bond donors (Lipinski definition) is 0. The first-order valence-electron chi connectivity index (χ1n) is 14.8. The molecule has 2 fully saturated rings. The molecular weight excluding hydrogens is 656 g/mol. The van der Waals surface area contributed by atoms with E-state index in [0.29, 0.717) is 11.8 Å². The van der Waals surface area contributed by atoms with Crippen LogP contribution in [0.15, 0.2) is 48.6 Å². The number of rotatable bonds is 7. The van der Waals surface area contributed by atoms with Gasteiger partial charge in [0.15, 0.2) is 0 Å². The third-order valence-corrected chi connectivity index (χ3v) is 16.9. The van der Waals surface area contributed by atoms with Crippen molar-refractivity contribution in [2.24, 2.45) is 35.5 Å². The van der Waals surface area contributed by atoms with Gasteiger partial charge in [-0.3, -0.25) is 0 Å². The summed E-state index contributed by atoms with van der Waals surface area (Å²) in [6, 6.07) is 0. The summed E-state index contributed by atoms with van der Waals surface area (Å²) in [5.41, 5.74) is 1.68. The normalized spacial score (nSPS) is 31.2. The molecule has 0 heterocycles. The van der Waals surface area contributed by atoms with Gasteiger partial charge in [-0.1, -0.05) is 157 Å². The van der Waals surface area contributed by atoms with E-state index in [1.807, 2.05) is 0 Å². The van der Waals surface area contributed by atoms with Crippen LogP contribution in [0.5, 0.6) is 0 Å². The Morgan fingerprint density at radius 3 is 1.07 bits per heavy atom. The van der Waals surface area contributed by atoms with Crippen molar-refractivity contribution >= 4 is 16.5 Å². The van der Waals surface area contributed by atoms with Crippen molar-refractivity contribution < 1.29 is 47.9 Å². The Bertz CT molecular complexity index is 838. The van der Waals surface area contributed by atoms with Gasteiger partial charge in [0.1, 0.15) is 0 Å². The van der Waals surface area contributed by atoms with Crippen molar-refractivity contribution in [3.8, 4) is 0 Å². The molecule has 4 rings (SSSR count). The molecule has 0 bridgehead atoms. The maximum Gasteiger partial charge on any atom is 4.00 e. The summed E-state index contributed by atoms with van der Waals surface area (Å²) < 4.78 is 0. The van der Waals surface area contributed by atoms with Crippen LogP contribution in [0.2, 0.25) is 37.3 Å². The molecule has 2 nitrogen and oxygen atoms in total. The summed E-state index contributed by atoms with van der Waals surface area (Å²) in [6.07, 6.45) is 25.0. The monoisotopic (exact) mass is 720 g/mol. The van der Waals surface area contributed by atoms with Gasteiger partial charge in [0.25, 0.3) is 0 Å². The molecule has 0 radical (unpaired) electrons. The minimum absolute atomic E-state index is 0. The van der Waals surface area contributed by atoms with Gasteiger partial charge in [-0.2, -0.15) is 0 Å². The molecule has 8 unspecified atom stereocenters. The van der Waals surface area contributed by atoms with Crippen LogP contribution >= 0.6 is 0 Å². The third kappa shape index (κ3) is 11.3. The summed E-state index contributed by atoms with van der Waals surface area (Å²) in [5.74, 6) is 4.47. The van der Waals surface area contributed by atoms with E-state index < -0.39 is 16.5 Å². The van der Waals surface area contributed by atoms with Gasteiger partial charge < -0.3 is 39.7 Å². The first kappa shape index (κ1) is 47.3. The largest absolute Gasteiger partial charge is 4.00 e. The van der Waals surface area contributed by atoms with Gasteiger partial charge in [0.05, 0.1) is 0 Å². The molecule has 6 heteroatoms. The molecule has 0 spiro atoms. The molecule has 8 atom stereocenters. The molecule has 42 heavy (non-hydrogen) atoms. The second-order valence-corrected chi connectivity index (χ2v) is 24.0. The molecule has 0 aromatic rings.